The summed E-state index contributed by atoms with van der Waals surface area (Å²) in [5, 5.41) is 7.39. The standard InChI is InChI=1S/C16H18ClN3O3/c1-10-9-20(14-7-5-4-6-13(14)17)19-15(10)16(22)23-11(2)8-18-12(3)21/h4-7,9,11H,8H2,1-3H3,(H,18,21). The number of para-hydroxylation sites is 1. The van der Waals surface area contributed by atoms with E-state index in [4.69, 9.17) is 16.3 Å². The Balaban J connectivity index is 2.13. The average Bonchev–Trinajstić information content (AvgIpc) is 2.87. The number of carbonyl (C=O) groups excluding carboxylic acids is 2. The van der Waals surface area contributed by atoms with Crippen molar-refractivity contribution in [3.05, 3.63) is 46.7 Å². The highest BCUT2D eigenvalue weighted by molar-refractivity contribution is 6.32. The molecule has 1 aromatic carbocycles. The molecular formula is C16H18ClN3O3. The van der Waals surface area contributed by atoms with Gasteiger partial charge in [0.2, 0.25) is 5.91 Å². The van der Waals surface area contributed by atoms with Crippen LogP contribution in [0.2, 0.25) is 5.02 Å². The monoisotopic (exact) mass is 335 g/mol. The molecule has 1 amide bonds. The van der Waals surface area contributed by atoms with Gasteiger partial charge >= 0.3 is 5.97 Å². The number of carbonyl (C=O) groups is 2. The van der Waals surface area contributed by atoms with Crippen LogP contribution in [0.4, 0.5) is 0 Å². The van der Waals surface area contributed by atoms with Crippen LogP contribution in [0.3, 0.4) is 0 Å². The normalized spacial score (nSPS) is 11.8. The molecule has 0 fully saturated rings. The third-order valence-electron chi connectivity index (χ3n) is 3.14. The van der Waals surface area contributed by atoms with Crippen LogP contribution < -0.4 is 5.32 Å². The molecule has 1 atom stereocenters. The van der Waals surface area contributed by atoms with Crippen LogP contribution in [0.5, 0.6) is 0 Å². The zero-order valence-corrected chi connectivity index (χ0v) is 13.9. The SMILES string of the molecule is CC(=O)NCC(C)OC(=O)c1nn(-c2ccccc2Cl)cc1C. The Morgan fingerprint density at radius 2 is 2.09 bits per heavy atom. The molecule has 0 aliphatic heterocycles. The Labute approximate surface area is 139 Å². The zero-order valence-electron chi connectivity index (χ0n) is 13.2. The Morgan fingerprint density at radius 3 is 2.74 bits per heavy atom. The van der Waals surface area contributed by atoms with Gasteiger partial charge in [0, 0.05) is 18.7 Å². The van der Waals surface area contributed by atoms with Gasteiger partial charge in [0.1, 0.15) is 6.10 Å². The van der Waals surface area contributed by atoms with Crippen LogP contribution in [0.25, 0.3) is 5.69 Å². The first-order valence-electron chi connectivity index (χ1n) is 7.15. The highest BCUT2D eigenvalue weighted by Crippen LogP contribution is 2.20. The molecule has 122 valence electrons. The summed E-state index contributed by atoms with van der Waals surface area (Å²) in [5.74, 6) is -0.710. The molecule has 6 nitrogen and oxygen atoms in total. The van der Waals surface area contributed by atoms with E-state index < -0.39 is 12.1 Å². The van der Waals surface area contributed by atoms with Crippen molar-refractivity contribution < 1.29 is 14.3 Å². The molecule has 1 unspecified atom stereocenters. The molecule has 0 radical (unpaired) electrons. The van der Waals surface area contributed by atoms with Crippen LogP contribution in [-0.2, 0) is 9.53 Å². The molecule has 2 rings (SSSR count). The summed E-state index contributed by atoms with van der Waals surface area (Å²) in [6, 6.07) is 7.22. The fourth-order valence-electron chi connectivity index (χ4n) is 1.99. The van der Waals surface area contributed by atoms with Gasteiger partial charge in [-0.1, -0.05) is 23.7 Å². The van der Waals surface area contributed by atoms with Crippen molar-refractivity contribution >= 4 is 23.5 Å². The number of esters is 1. The molecular weight excluding hydrogens is 318 g/mol. The molecule has 0 bridgehead atoms. The van der Waals surface area contributed by atoms with Crippen molar-refractivity contribution in [1.29, 1.82) is 0 Å². The molecule has 7 heteroatoms. The summed E-state index contributed by atoms with van der Waals surface area (Å²) < 4.78 is 6.83. The number of hydrogen-bond acceptors (Lipinski definition) is 4. The van der Waals surface area contributed by atoms with Crippen molar-refractivity contribution in [2.45, 2.75) is 26.9 Å². The van der Waals surface area contributed by atoms with Crippen LogP contribution in [0.1, 0.15) is 29.9 Å². The van der Waals surface area contributed by atoms with Gasteiger partial charge < -0.3 is 10.1 Å². The van der Waals surface area contributed by atoms with Crippen molar-refractivity contribution in [3.63, 3.8) is 0 Å². The number of benzene rings is 1. The summed E-state index contributed by atoms with van der Waals surface area (Å²) in [5.41, 5.74) is 1.59. The van der Waals surface area contributed by atoms with Crippen molar-refractivity contribution in [2.24, 2.45) is 0 Å². The number of aromatic nitrogens is 2. The zero-order chi connectivity index (χ0) is 17.0. The predicted octanol–water partition coefficient (Wildman–Crippen LogP) is 2.52. The van der Waals surface area contributed by atoms with Crippen LogP contribution >= 0.6 is 11.6 Å². The van der Waals surface area contributed by atoms with Gasteiger partial charge in [-0.2, -0.15) is 5.10 Å². The van der Waals surface area contributed by atoms with Crippen LogP contribution in [0.15, 0.2) is 30.5 Å². The van der Waals surface area contributed by atoms with E-state index in [9.17, 15) is 9.59 Å². The number of aryl methyl sites for hydroxylation is 1. The van der Waals surface area contributed by atoms with Gasteiger partial charge in [0.05, 0.1) is 17.3 Å². The fourth-order valence-corrected chi connectivity index (χ4v) is 2.21. The van der Waals surface area contributed by atoms with Crippen LogP contribution in [-0.4, -0.2) is 34.3 Å². The number of halogens is 1. The highest BCUT2D eigenvalue weighted by atomic mass is 35.5. The second-order valence-electron chi connectivity index (χ2n) is 5.21. The summed E-state index contributed by atoms with van der Waals surface area (Å²) in [6.45, 7) is 5.14. The summed E-state index contributed by atoms with van der Waals surface area (Å²) >= 11 is 6.14. The molecule has 1 aromatic heterocycles. The highest BCUT2D eigenvalue weighted by Gasteiger charge is 2.19. The third-order valence-corrected chi connectivity index (χ3v) is 3.46. The van der Waals surface area contributed by atoms with E-state index in [0.717, 1.165) is 0 Å². The van der Waals surface area contributed by atoms with Gasteiger partial charge in [-0.15, -0.1) is 0 Å². The van der Waals surface area contributed by atoms with E-state index in [1.54, 1.807) is 30.8 Å². The lowest BCUT2D eigenvalue weighted by Crippen LogP contribution is -2.31. The minimum Gasteiger partial charge on any atom is -0.456 e. The van der Waals surface area contributed by atoms with E-state index in [1.807, 2.05) is 18.2 Å². The van der Waals surface area contributed by atoms with Crippen molar-refractivity contribution in [2.75, 3.05) is 6.54 Å². The molecule has 0 aliphatic rings. The molecule has 0 saturated carbocycles. The lowest BCUT2D eigenvalue weighted by atomic mass is 10.3. The topological polar surface area (TPSA) is 73.2 Å². The summed E-state index contributed by atoms with van der Waals surface area (Å²) in [7, 11) is 0. The van der Waals surface area contributed by atoms with Gasteiger partial charge in [0.25, 0.3) is 0 Å². The molecule has 1 N–H and O–H groups in total. The summed E-state index contributed by atoms with van der Waals surface area (Å²) in [6.07, 6.45) is 1.27. The third kappa shape index (κ3) is 4.32. The lowest BCUT2D eigenvalue weighted by Gasteiger charge is -2.12. The van der Waals surface area contributed by atoms with Crippen molar-refractivity contribution in [1.82, 2.24) is 15.1 Å². The number of ether oxygens (including phenoxy) is 1. The maximum atomic E-state index is 12.2. The minimum absolute atomic E-state index is 0.174. The first-order chi connectivity index (χ1) is 10.9. The largest absolute Gasteiger partial charge is 0.456 e. The van der Waals surface area contributed by atoms with Gasteiger partial charge in [-0.3, -0.25) is 4.79 Å². The van der Waals surface area contributed by atoms with E-state index in [1.165, 1.54) is 6.92 Å². The molecule has 0 spiro atoms. The number of rotatable bonds is 5. The average molecular weight is 336 g/mol. The number of nitrogens with zero attached hydrogens (tertiary/aromatic N) is 2. The number of hydrogen-bond donors (Lipinski definition) is 1. The quantitative estimate of drug-likeness (QED) is 0.852. The fraction of sp³-hybridized carbons (Fsp3) is 0.312. The molecule has 0 aliphatic carbocycles. The Kier molecular flexibility index (Phi) is 5.39. The van der Waals surface area contributed by atoms with Gasteiger partial charge in [-0.25, -0.2) is 9.48 Å². The molecule has 23 heavy (non-hydrogen) atoms. The predicted molar refractivity (Wildman–Crippen MR) is 86.9 cm³/mol. The Morgan fingerprint density at radius 1 is 1.39 bits per heavy atom. The summed E-state index contributed by atoms with van der Waals surface area (Å²) in [4.78, 5) is 23.1. The Bertz CT molecular complexity index is 727. The van der Waals surface area contributed by atoms with Gasteiger partial charge in [0.15, 0.2) is 5.69 Å². The lowest BCUT2D eigenvalue weighted by molar-refractivity contribution is -0.119. The van der Waals surface area contributed by atoms with E-state index in [0.29, 0.717) is 16.3 Å². The minimum atomic E-state index is -0.536. The van der Waals surface area contributed by atoms with E-state index >= 15 is 0 Å². The first-order valence-corrected chi connectivity index (χ1v) is 7.53. The number of nitrogens with one attached hydrogen (secondary N) is 1. The maximum absolute atomic E-state index is 12.2. The smallest absolute Gasteiger partial charge is 0.359 e. The molecule has 1 heterocycles. The van der Waals surface area contributed by atoms with E-state index in [-0.39, 0.29) is 18.1 Å². The second kappa shape index (κ2) is 7.28. The molecule has 0 saturated heterocycles. The molecule has 2 aromatic rings. The van der Waals surface area contributed by atoms with Crippen LogP contribution in [0, 0.1) is 6.92 Å². The maximum Gasteiger partial charge on any atom is 0.359 e. The second-order valence-corrected chi connectivity index (χ2v) is 5.62. The van der Waals surface area contributed by atoms with Gasteiger partial charge in [-0.05, 0) is 26.0 Å². The first kappa shape index (κ1) is 17.0. The van der Waals surface area contributed by atoms with Crippen molar-refractivity contribution in [3.8, 4) is 5.69 Å². The number of amides is 1. The Hall–Kier alpha value is -2.34. The van der Waals surface area contributed by atoms with E-state index in [2.05, 4.69) is 10.4 Å².